The molecule has 0 aliphatic carbocycles. The second-order valence-corrected chi connectivity index (χ2v) is 4.78. The highest BCUT2D eigenvalue weighted by Gasteiger charge is 2.14. The van der Waals surface area contributed by atoms with Gasteiger partial charge in [0.15, 0.2) is 12.4 Å². The highest BCUT2D eigenvalue weighted by Crippen LogP contribution is 2.35. The summed E-state index contributed by atoms with van der Waals surface area (Å²) in [4.78, 5) is 25.5. The predicted octanol–water partition coefficient (Wildman–Crippen LogP) is 3.38. The molecule has 0 amide bonds. The van der Waals surface area contributed by atoms with Crippen LogP contribution in [0.15, 0.2) is 36.5 Å². The Labute approximate surface area is 142 Å². The average molecular weight is 353 g/mol. The minimum atomic E-state index is -0.562. The van der Waals surface area contributed by atoms with Crippen LogP contribution in [0.2, 0.25) is 5.02 Å². The van der Waals surface area contributed by atoms with Crippen LogP contribution < -0.4 is 9.47 Å². The third kappa shape index (κ3) is 4.56. The van der Waals surface area contributed by atoms with E-state index in [1.165, 1.54) is 24.4 Å². The lowest BCUT2D eigenvalue weighted by atomic mass is 10.3. The minimum absolute atomic E-state index is 0.0596. The molecule has 0 N–H and O–H groups in total. The van der Waals surface area contributed by atoms with Crippen molar-refractivity contribution in [3.8, 4) is 17.4 Å². The highest BCUT2D eigenvalue weighted by atomic mass is 35.5. The molecule has 24 heavy (non-hydrogen) atoms. The van der Waals surface area contributed by atoms with Crippen molar-refractivity contribution in [3.05, 3.63) is 51.7 Å². The van der Waals surface area contributed by atoms with Crippen molar-refractivity contribution in [1.29, 1.82) is 0 Å². The lowest BCUT2D eigenvalue weighted by Crippen LogP contribution is -2.15. The summed E-state index contributed by atoms with van der Waals surface area (Å²) < 4.78 is 15.6. The number of hydrogen-bond acceptors (Lipinski definition) is 7. The van der Waals surface area contributed by atoms with E-state index in [4.69, 9.17) is 25.8 Å². The van der Waals surface area contributed by atoms with E-state index in [1.54, 1.807) is 19.1 Å². The Bertz CT molecular complexity index is 752. The zero-order valence-electron chi connectivity index (χ0n) is 12.6. The van der Waals surface area contributed by atoms with Crippen molar-refractivity contribution in [2.75, 3.05) is 13.2 Å². The summed E-state index contributed by atoms with van der Waals surface area (Å²) in [6.07, 6.45) is 1.46. The fourth-order valence-electron chi connectivity index (χ4n) is 1.70. The Morgan fingerprint density at radius 2 is 2.12 bits per heavy atom. The maximum Gasteiger partial charge on any atom is 0.344 e. The Balaban J connectivity index is 2.15. The van der Waals surface area contributed by atoms with Gasteiger partial charge in [-0.3, -0.25) is 10.1 Å². The first-order valence-electron chi connectivity index (χ1n) is 6.86. The number of aromatic nitrogens is 1. The van der Waals surface area contributed by atoms with E-state index in [9.17, 15) is 14.9 Å². The smallest absolute Gasteiger partial charge is 0.344 e. The van der Waals surface area contributed by atoms with Crippen molar-refractivity contribution >= 4 is 23.3 Å². The Morgan fingerprint density at radius 1 is 1.33 bits per heavy atom. The van der Waals surface area contributed by atoms with Gasteiger partial charge in [-0.2, -0.15) is 0 Å². The molecular weight excluding hydrogens is 340 g/mol. The molecule has 126 valence electrons. The maximum absolute atomic E-state index is 11.3. The molecule has 2 rings (SSSR count). The number of rotatable bonds is 7. The number of carbonyl (C=O) groups is 1. The van der Waals surface area contributed by atoms with E-state index in [2.05, 4.69) is 4.98 Å². The minimum Gasteiger partial charge on any atom is -0.463 e. The number of pyridine rings is 1. The van der Waals surface area contributed by atoms with Crippen LogP contribution in [0.1, 0.15) is 6.92 Å². The molecular formula is C15H13ClN2O6. The van der Waals surface area contributed by atoms with Gasteiger partial charge in [-0.05, 0) is 25.1 Å². The van der Waals surface area contributed by atoms with E-state index >= 15 is 0 Å². The zero-order chi connectivity index (χ0) is 17.5. The molecule has 0 saturated carbocycles. The second-order valence-electron chi connectivity index (χ2n) is 4.37. The van der Waals surface area contributed by atoms with Gasteiger partial charge in [0.05, 0.1) is 16.6 Å². The molecule has 1 aromatic heterocycles. The number of ether oxygens (including phenoxy) is 3. The summed E-state index contributed by atoms with van der Waals surface area (Å²) in [6, 6.07) is 6.96. The van der Waals surface area contributed by atoms with Gasteiger partial charge in [-0.25, -0.2) is 9.78 Å². The van der Waals surface area contributed by atoms with E-state index in [0.29, 0.717) is 0 Å². The molecule has 0 unspecified atom stereocenters. The maximum atomic E-state index is 11.3. The van der Waals surface area contributed by atoms with E-state index < -0.39 is 10.9 Å². The number of nitro benzene ring substituents is 1. The van der Waals surface area contributed by atoms with Crippen LogP contribution >= 0.6 is 11.6 Å². The number of halogens is 1. The largest absolute Gasteiger partial charge is 0.463 e. The molecule has 8 nitrogen and oxygen atoms in total. The second kappa shape index (κ2) is 8.11. The standard InChI is InChI=1S/C15H13ClN2O6/c1-2-22-14(19)9-23-15-13(4-3-7-17-15)24-12-6-5-10(18(20)21)8-11(12)16/h3-8H,2,9H2,1H3. The van der Waals surface area contributed by atoms with Crippen LogP contribution in [0.3, 0.4) is 0 Å². The molecule has 0 atom stereocenters. The van der Waals surface area contributed by atoms with E-state index in [1.807, 2.05) is 0 Å². The summed E-state index contributed by atoms with van der Waals surface area (Å²) in [7, 11) is 0. The van der Waals surface area contributed by atoms with Crippen molar-refractivity contribution in [3.63, 3.8) is 0 Å². The molecule has 0 bridgehead atoms. The van der Waals surface area contributed by atoms with Gasteiger partial charge in [0.2, 0.25) is 0 Å². The van der Waals surface area contributed by atoms with Crippen LogP contribution in [0.5, 0.6) is 17.4 Å². The normalized spacial score (nSPS) is 10.1. The quantitative estimate of drug-likeness (QED) is 0.427. The third-order valence-corrected chi connectivity index (χ3v) is 3.01. The average Bonchev–Trinajstić information content (AvgIpc) is 2.56. The highest BCUT2D eigenvalue weighted by molar-refractivity contribution is 6.32. The fourth-order valence-corrected chi connectivity index (χ4v) is 1.91. The molecule has 1 aromatic carbocycles. The van der Waals surface area contributed by atoms with Crippen LogP contribution in [0, 0.1) is 10.1 Å². The topological polar surface area (TPSA) is 101 Å². The SMILES string of the molecule is CCOC(=O)COc1ncccc1Oc1ccc([N+](=O)[O-])cc1Cl. The van der Waals surface area contributed by atoms with Gasteiger partial charge in [0, 0.05) is 18.3 Å². The summed E-state index contributed by atoms with van der Waals surface area (Å²) in [5.74, 6) is -0.0729. The molecule has 0 saturated heterocycles. The first-order valence-corrected chi connectivity index (χ1v) is 7.24. The lowest BCUT2D eigenvalue weighted by molar-refractivity contribution is -0.384. The molecule has 0 aliphatic rings. The lowest BCUT2D eigenvalue weighted by Gasteiger charge is -2.11. The third-order valence-electron chi connectivity index (χ3n) is 2.71. The number of benzene rings is 1. The summed E-state index contributed by atoms with van der Waals surface area (Å²) in [5, 5.41) is 10.8. The summed E-state index contributed by atoms with van der Waals surface area (Å²) >= 11 is 5.98. The van der Waals surface area contributed by atoms with Gasteiger partial charge in [0.1, 0.15) is 5.75 Å². The van der Waals surface area contributed by atoms with Crippen molar-refractivity contribution < 1.29 is 23.9 Å². The summed E-state index contributed by atoms with van der Waals surface area (Å²) in [5.41, 5.74) is -0.155. The monoisotopic (exact) mass is 352 g/mol. The Hall–Kier alpha value is -2.87. The van der Waals surface area contributed by atoms with Crippen LogP contribution in [-0.2, 0) is 9.53 Å². The molecule has 0 fully saturated rings. The predicted molar refractivity (Wildman–Crippen MR) is 84.5 cm³/mol. The molecule has 2 aromatic rings. The van der Waals surface area contributed by atoms with Crippen LogP contribution in [0.4, 0.5) is 5.69 Å². The first kappa shape index (κ1) is 17.5. The number of non-ortho nitro benzene ring substituents is 1. The van der Waals surface area contributed by atoms with Crippen LogP contribution in [-0.4, -0.2) is 29.1 Å². The summed E-state index contributed by atoms with van der Waals surface area (Å²) in [6.45, 7) is 1.60. The van der Waals surface area contributed by atoms with Crippen LogP contribution in [0.25, 0.3) is 0 Å². The number of nitrogens with zero attached hydrogens (tertiary/aromatic N) is 2. The number of nitro groups is 1. The van der Waals surface area contributed by atoms with Gasteiger partial charge in [-0.1, -0.05) is 11.6 Å². The van der Waals surface area contributed by atoms with E-state index in [-0.39, 0.29) is 41.3 Å². The molecule has 9 heteroatoms. The molecule has 0 radical (unpaired) electrons. The Kier molecular flexibility index (Phi) is 5.91. The number of carbonyl (C=O) groups excluding carboxylic acids is 1. The van der Waals surface area contributed by atoms with Gasteiger partial charge in [0.25, 0.3) is 11.6 Å². The molecule has 1 heterocycles. The van der Waals surface area contributed by atoms with Gasteiger partial charge < -0.3 is 14.2 Å². The van der Waals surface area contributed by atoms with Gasteiger partial charge in [-0.15, -0.1) is 0 Å². The van der Waals surface area contributed by atoms with E-state index in [0.717, 1.165) is 0 Å². The fraction of sp³-hybridized carbons (Fsp3) is 0.200. The molecule has 0 aliphatic heterocycles. The van der Waals surface area contributed by atoms with Crippen molar-refractivity contribution in [2.45, 2.75) is 6.92 Å². The number of esters is 1. The number of hydrogen-bond donors (Lipinski definition) is 0. The zero-order valence-corrected chi connectivity index (χ0v) is 13.4. The Morgan fingerprint density at radius 3 is 2.79 bits per heavy atom. The van der Waals surface area contributed by atoms with Gasteiger partial charge >= 0.3 is 5.97 Å². The molecule has 0 spiro atoms. The first-order chi connectivity index (χ1) is 11.5. The van der Waals surface area contributed by atoms with Crippen molar-refractivity contribution in [2.24, 2.45) is 0 Å². The van der Waals surface area contributed by atoms with Crippen molar-refractivity contribution in [1.82, 2.24) is 4.98 Å².